The van der Waals surface area contributed by atoms with Gasteiger partial charge >= 0.3 is 0 Å². The highest BCUT2D eigenvalue weighted by molar-refractivity contribution is 5.22. The van der Waals surface area contributed by atoms with Crippen LogP contribution in [0.1, 0.15) is 17.2 Å². The molecule has 2 aromatic rings. The number of aromatic nitrogens is 1. The number of pyridine rings is 1. The Morgan fingerprint density at radius 3 is 2.35 bits per heavy atom. The van der Waals surface area contributed by atoms with Crippen molar-refractivity contribution >= 4 is 0 Å². The summed E-state index contributed by atoms with van der Waals surface area (Å²) in [5.41, 5.74) is 4.86. The first kappa shape index (κ1) is 11.7. The van der Waals surface area contributed by atoms with Gasteiger partial charge in [0.1, 0.15) is 5.82 Å². The molecule has 0 radical (unpaired) electrons. The summed E-state index contributed by atoms with van der Waals surface area (Å²) in [4.78, 5) is 3.96. The number of rotatable bonds is 4. The van der Waals surface area contributed by atoms with Gasteiger partial charge in [-0.2, -0.15) is 0 Å². The molecule has 0 saturated carbocycles. The molecule has 0 aliphatic carbocycles. The third-order valence-electron chi connectivity index (χ3n) is 2.66. The summed E-state index contributed by atoms with van der Waals surface area (Å²) >= 11 is 0. The van der Waals surface area contributed by atoms with Crippen LogP contribution < -0.4 is 11.3 Å². The van der Waals surface area contributed by atoms with E-state index in [0.29, 0.717) is 6.42 Å². The van der Waals surface area contributed by atoms with E-state index in [1.165, 1.54) is 12.1 Å². The third-order valence-corrected chi connectivity index (χ3v) is 2.66. The Morgan fingerprint density at radius 1 is 1.12 bits per heavy atom. The van der Waals surface area contributed by atoms with Gasteiger partial charge in [0.05, 0.1) is 6.04 Å². The Labute approximate surface area is 99.5 Å². The van der Waals surface area contributed by atoms with Crippen molar-refractivity contribution in [2.24, 2.45) is 5.84 Å². The first-order chi connectivity index (χ1) is 8.29. The predicted octanol–water partition coefficient (Wildman–Crippen LogP) is 1.97. The Kier molecular flexibility index (Phi) is 3.80. The van der Waals surface area contributed by atoms with Crippen LogP contribution in [-0.4, -0.2) is 4.98 Å². The summed E-state index contributed by atoms with van der Waals surface area (Å²) in [5.74, 6) is 5.31. The molecule has 0 saturated heterocycles. The zero-order valence-corrected chi connectivity index (χ0v) is 9.31. The number of benzene rings is 1. The van der Waals surface area contributed by atoms with Gasteiger partial charge in [-0.15, -0.1) is 0 Å². The van der Waals surface area contributed by atoms with Crippen molar-refractivity contribution in [3.63, 3.8) is 0 Å². The van der Waals surface area contributed by atoms with Crippen molar-refractivity contribution in [3.8, 4) is 0 Å². The Bertz CT molecular complexity index is 456. The third kappa shape index (κ3) is 3.09. The molecular formula is C13H14FN3. The highest BCUT2D eigenvalue weighted by atomic mass is 19.1. The second kappa shape index (κ2) is 5.52. The molecule has 1 aromatic carbocycles. The van der Waals surface area contributed by atoms with E-state index >= 15 is 0 Å². The molecule has 2 rings (SSSR count). The minimum Gasteiger partial charge on any atom is -0.271 e. The molecule has 0 spiro atoms. The summed E-state index contributed by atoms with van der Waals surface area (Å²) in [6.45, 7) is 0. The summed E-state index contributed by atoms with van der Waals surface area (Å²) < 4.78 is 12.8. The highest BCUT2D eigenvalue weighted by Gasteiger charge is 2.09. The molecular weight excluding hydrogens is 217 g/mol. The molecule has 4 heteroatoms. The maximum absolute atomic E-state index is 12.8. The standard InChI is InChI=1S/C13H14FN3/c14-12-3-1-10(2-4-12)9-13(17-15)11-5-7-16-8-6-11/h1-8,13,17H,9,15H2. The number of hydrogen-bond acceptors (Lipinski definition) is 3. The number of hydrogen-bond donors (Lipinski definition) is 2. The second-order valence-electron chi connectivity index (χ2n) is 3.83. The second-order valence-corrected chi connectivity index (χ2v) is 3.83. The zero-order chi connectivity index (χ0) is 12.1. The predicted molar refractivity (Wildman–Crippen MR) is 64.4 cm³/mol. The molecule has 0 aliphatic heterocycles. The molecule has 1 heterocycles. The largest absolute Gasteiger partial charge is 0.271 e. The van der Waals surface area contributed by atoms with E-state index in [1.54, 1.807) is 24.5 Å². The molecule has 3 nitrogen and oxygen atoms in total. The molecule has 17 heavy (non-hydrogen) atoms. The van der Waals surface area contributed by atoms with E-state index in [9.17, 15) is 4.39 Å². The van der Waals surface area contributed by atoms with Gasteiger partial charge in [-0.3, -0.25) is 16.3 Å². The van der Waals surface area contributed by atoms with Crippen LogP contribution >= 0.6 is 0 Å². The maximum Gasteiger partial charge on any atom is 0.123 e. The van der Waals surface area contributed by atoms with E-state index < -0.39 is 0 Å². The lowest BCUT2D eigenvalue weighted by Gasteiger charge is -2.16. The summed E-state index contributed by atoms with van der Waals surface area (Å²) in [5, 5.41) is 0. The first-order valence-electron chi connectivity index (χ1n) is 5.40. The summed E-state index contributed by atoms with van der Waals surface area (Å²) in [7, 11) is 0. The van der Waals surface area contributed by atoms with Crippen molar-refractivity contribution in [2.75, 3.05) is 0 Å². The number of hydrazine groups is 1. The van der Waals surface area contributed by atoms with Crippen LogP contribution in [0.25, 0.3) is 0 Å². The van der Waals surface area contributed by atoms with Gasteiger partial charge in [0.25, 0.3) is 0 Å². The van der Waals surface area contributed by atoms with Crippen LogP contribution in [0.2, 0.25) is 0 Å². The fourth-order valence-electron chi connectivity index (χ4n) is 1.72. The normalized spacial score (nSPS) is 12.4. The molecule has 0 amide bonds. The molecule has 1 atom stereocenters. The van der Waals surface area contributed by atoms with Crippen molar-refractivity contribution in [3.05, 3.63) is 65.7 Å². The van der Waals surface area contributed by atoms with Crippen LogP contribution in [0, 0.1) is 5.82 Å². The van der Waals surface area contributed by atoms with Gasteiger partial charge in [-0.1, -0.05) is 12.1 Å². The SMILES string of the molecule is NNC(Cc1ccc(F)cc1)c1ccncc1. The van der Waals surface area contributed by atoms with Crippen LogP contribution in [0.3, 0.4) is 0 Å². The lowest BCUT2D eigenvalue weighted by molar-refractivity contribution is 0.550. The van der Waals surface area contributed by atoms with Gasteiger partial charge in [0.2, 0.25) is 0 Å². The van der Waals surface area contributed by atoms with Crippen molar-refractivity contribution in [1.82, 2.24) is 10.4 Å². The van der Waals surface area contributed by atoms with Gasteiger partial charge in [-0.05, 0) is 41.8 Å². The van der Waals surface area contributed by atoms with E-state index in [-0.39, 0.29) is 11.9 Å². The van der Waals surface area contributed by atoms with Gasteiger partial charge in [0, 0.05) is 12.4 Å². The van der Waals surface area contributed by atoms with Crippen LogP contribution in [-0.2, 0) is 6.42 Å². The fourth-order valence-corrected chi connectivity index (χ4v) is 1.72. The minimum atomic E-state index is -0.227. The van der Waals surface area contributed by atoms with E-state index in [4.69, 9.17) is 5.84 Å². The smallest absolute Gasteiger partial charge is 0.123 e. The molecule has 1 aromatic heterocycles. The summed E-state index contributed by atoms with van der Waals surface area (Å²) in [6, 6.07) is 10.3. The van der Waals surface area contributed by atoms with Gasteiger partial charge < -0.3 is 0 Å². The Balaban J connectivity index is 2.13. The van der Waals surface area contributed by atoms with Crippen LogP contribution in [0.4, 0.5) is 4.39 Å². The minimum absolute atomic E-state index is 0.00320. The first-order valence-corrected chi connectivity index (χ1v) is 5.40. The van der Waals surface area contributed by atoms with Gasteiger partial charge in [-0.25, -0.2) is 4.39 Å². The topological polar surface area (TPSA) is 50.9 Å². The highest BCUT2D eigenvalue weighted by Crippen LogP contribution is 2.17. The quantitative estimate of drug-likeness (QED) is 0.624. The lowest BCUT2D eigenvalue weighted by Crippen LogP contribution is -2.29. The molecule has 1 unspecified atom stereocenters. The van der Waals surface area contributed by atoms with Crippen molar-refractivity contribution < 1.29 is 4.39 Å². The Hall–Kier alpha value is -1.78. The number of nitrogens with two attached hydrogens (primary N) is 1. The fraction of sp³-hybridized carbons (Fsp3) is 0.154. The number of nitrogens with zero attached hydrogens (tertiary/aromatic N) is 1. The van der Waals surface area contributed by atoms with Crippen molar-refractivity contribution in [1.29, 1.82) is 0 Å². The molecule has 0 fully saturated rings. The zero-order valence-electron chi connectivity index (χ0n) is 9.31. The monoisotopic (exact) mass is 231 g/mol. The lowest BCUT2D eigenvalue weighted by atomic mass is 10.0. The van der Waals surface area contributed by atoms with Crippen LogP contribution in [0.5, 0.6) is 0 Å². The Morgan fingerprint density at radius 2 is 1.76 bits per heavy atom. The van der Waals surface area contributed by atoms with Gasteiger partial charge in [0.15, 0.2) is 0 Å². The summed E-state index contributed by atoms with van der Waals surface area (Å²) in [6.07, 6.45) is 4.16. The average Bonchev–Trinajstić information content (AvgIpc) is 2.39. The molecule has 88 valence electrons. The number of halogens is 1. The van der Waals surface area contributed by atoms with E-state index in [2.05, 4.69) is 10.4 Å². The van der Waals surface area contributed by atoms with Crippen molar-refractivity contribution in [2.45, 2.75) is 12.5 Å². The maximum atomic E-state index is 12.8. The van der Waals surface area contributed by atoms with E-state index in [0.717, 1.165) is 11.1 Å². The average molecular weight is 231 g/mol. The molecule has 0 bridgehead atoms. The van der Waals surface area contributed by atoms with Crippen LogP contribution in [0.15, 0.2) is 48.8 Å². The molecule has 3 N–H and O–H groups in total. The van der Waals surface area contributed by atoms with E-state index in [1.807, 2.05) is 12.1 Å². The molecule has 0 aliphatic rings. The number of nitrogens with one attached hydrogen (secondary N) is 1.